The van der Waals surface area contributed by atoms with E-state index < -0.39 is 0 Å². The van der Waals surface area contributed by atoms with Crippen molar-refractivity contribution in [3.8, 4) is 5.75 Å². The zero-order chi connectivity index (χ0) is 15.4. The second kappa shape index (κ2) is 6.40. The molecule has 0 unspecified atom stereocenters. The third-order valence-corrected chi connectivity index (χ3v) is 3.27. The fraction of sp³-hybridized carbons (Fsp3) is 0.133. The molecule has 6 nitrogen and oxygen atoms in total. The molecular weight excluding hydrogens is 300 g/mol. The van der Waals surface area contributed by atoms with Gasteiger partial charge in [0.25, 0.3) is 0 Å². The van der Waals surface area contributed by atoms with E-state index >= 15 is 0 Å². The first kappa shape index (κ1) is 14.3. The van der Waals surface area contributed by atoms with Crippen LogP contribution in [0.3, 0.4) is 0 Å². The van der Waals surface area contributed by atoms with E-state index in [0.29, 0.717) is 17.1 Å². The van der Waals surface area contributed by atoms with E-state index in [1.54, 1.807) is 6.21 Å². The Kier molecular flexibility index (Phi) is 4.15. The van der Waals surface area contributed by atoms with Gasteiger partial charge in [-0.1, -0.05) is 18.2 Å². The number of nitrogens with one attached hydrogen (secondary N) is 1. The minimum Gasteiger partial charge on any atom is -0.485 e. The molecule has 0 radical (unpaired) electrons. The fourth-order valence-corrected chi connectivity index (χ4v) is 2.00. The first-order valence-electron chi connectivity index (χ1n) is 6.66. The molecule has 1 aromatic carbocycles. The van der Waals surface area contributed by atoms with Crippen molar-refractivity contribution in [3.05, 3.63) is 64.6 Å². The molecule has 0 aliphatic carbocycles. The normalized spacial score (nSPS) is 11.1. The third kappa shape index (κ3) is 3.32. The summed E-state index contributed by atoms with van der Waals surface area (Å²) >= 11 is 4.99. The number of H-pyrrole nitrogens is 1. The standard InChI is InChI=1S/C15H14N4O2S/c1-11-4-2-3-5-14(11)20-9-13-7-6-12(21-13)8-17-19-10-16-18-15(19)22/h2-8,10H,9H2,1H3,(H,18,22). The second-order valence-corrected chi connectivity index (χ2v) is 5.00. The summed E-state index contributed by atoms with van der Waals surface area (Å²) in [5.41, 5.74) is 1.09. The lowest BCUT2D eigenvalue weighted by molar-refractivity contribution is 0.268. The number of aryl methyl sites for hydroxylation is 1. The van der Waals surface area contributed by atoms with Crippen molar-refractivity contribution in [2.75, 3.05) is 0 Å². The van der Waals surface area contributed by atoms with Crippen molar-refractivity contribution in [2.45, 2.75) is 13.5 Å². The predicted octanol–water partition coefficient (Wildman–Crippen LogP) is 3.30. The average Bonchev–Trinajstić information content (AvgIpc) is 3.13. The van der Waals surface area contributed by atoms with E-state index in [1.807, 2.05) is 43.3 Å². The first-order chi connectivity index (χ1) is 10.7. The van der Waals surface area contributed by atoms with Crippen LogP contribution >= 0.6 is 12.2 Å². The summed E-state index contributed by atoms with van der Waals surface area (Å²) in [5, 5.41) is 10.5. The van der Waals surface area contributed by atoms with Crippen molar-refractivity contribution >= 4 is 18.4 Å². The number of rotatable bonds is 5. The van der Waals surface area contributed by atoms with Crippen LogP contribution in [0.2, 0.25) is 0 Å². The van der Waals surface area contributed by atoms with Crippen LogP contribution in [-0.2, 0) is 6.61 Å². The van der Waals surface area contributed by atoms with E-state index in [2.05, 4.69) is 15.3 Å². The molecule has 0 saturated heterocycles. The summed E-state index contributed by atoms with van der Waals surface area (Å²) in [4.78, 5) is 0. The van der Waals surface area contributed by atoms with Crippen LogP contribution in [0.1, 0.15) is 17.1 Å². The minimum absolute atomic E-state index is 0.365. The second-order valence-electron chi connectivity index (χ2n) is 4.61. The summed E-state index contributed by atoms with van der Waals surface area (Å²) in [7, 11) is 0. The van der Waals surface area contributed by atoms with Gasteiger partial charge >= 0.3 is 0 Å². The van der Waals surface area contributed by atoms with Gasteiger partial charge in [0.2, 0.25) is 4.77 Å². The maximum atomic E-state index is 5.73. The van der Waals surface area contributed by atoms with Gasteiger partial charge in [-0.3, -0.25) is 5.10 Å². The molecule has 22 heavy (non-hydrogen) atoms. The van der Waals surface area contributed by atoms with Crippen molar-refractivity contribution in [2.24, 2.45) is 5.10 Å². The Morgan fingerprint density at radius 2 is 2.23 bits per heavy atom. The van der Waals surface area contributed by atoms with Gasteiger partial charge in [-0.25, -0.2) is 0 Å². The number of nitrogens with zero attached hydrogens (tertiary/aromatic N) is 3. The zero-order valence-electron chi connectivity index (χ0n) is 11.9. The van der Waals surface area contributed by atoms with Gasteiger partial charge < -0.3 is 9.15 Å². The molecule has 0 fully saturated rings. The summed E-state index contributed by atoms with van der Waals surface area (Å²) in [6.45, 7) is 2.37. The van der Waals surface area contributed by atoms with Gasteiger partial charge in [-0.05, 0) is 42.9 Å². The Morgan fingerprint density at radius 1 is 1.36 bits per heavy atom. The van der Waals surface area contributed by atoms with E-state index in [9.17, 15) is 0 Å². The summed E-state index contributed by atoms with van der Waals surface area (Å²) < 4.78 is 13.2. The Morgan fingerprint density at radius 3 is 3.00 bits per heavy atom. The molecule has 7 heteroatoms. The van der Waals surface area contributed by atoms with Crippen LogP contribution in [0, 0.1) is 11.7 Å². The molecule has 0 atom stereocenters. The van der Waals surface area contributed by atoms with Gasteiger partial charge in [-0.15, -0.1) is 0 Å². The molecule has 0 amide bonds. The summed E-state index contributed by atoms with van der Waals surface area (Å²) in [6.07, 6.45) is 3.06. The van der Waals surface area contributed by atoms with Crippen molar-refractivity contribution in [1.29, 1.82) is 0 Å². The van der Waals surface area contributed by atoms with Gasteiger partial charge in [0.15, 0.2) is 0 Å². The van der Waals surface area contributed by atoms with Crippen LogP contribution in [0.25, 0.3) is 0 Å². The van der Waals surface area contributed by atoms with Gasteiger partial charge in [-0.2, -0.15) is 14.9 Å². The Labute approximate surface area is 132 Å². The van der Waals surface area contributed by atoms with E-state index in [1.165, 1.54) is 11.0 Å². The molecule has 1 N–H and O–H groups in total. The van der Waals surface area contributed by atoms with Crippen LogP contribution in [0.5, 0.6) is 5.75 Å². The van der Waals surface area contributed by atoms with E-state index in [4.69, 9.17) is 21.4 Å². The zero-order valence-corrected chi connectivity index (χ0v) is 12.7. The molecule has 0 aliphatic heterocycles. The fourth-order valence-electron chi connectivity index (χ4n) is 1.85. The maximum Gasteiger partial charge on any atom is 0.216 e. The molecule has 3 rings (SSSR count). The number of ether oxygens (including phenoxy) is 1. The largest absolute Gasteiger partial charge is 0.485 e. The molecule has 0 aliphatic rings. The molecule has 112 valence electrons. The van der Waals surface area contributed by atoms with E-state index in [-0.39, 0.29) is 0 Å². The highest BCUT2D eigenvalue weighted by atomic mass is 32.1. The van der Waals surface area contributed by atoms with Crippen LogP contribution in [-0.4, -0.2) is 21.1 Å². The third-order valence-electron chi connectivity index (χ3n) is 2.99. The highest BCUT2D eigenvalue weighted by Gasteiger charge is 2.03. The van der Waals surface area contributed by atoms with E-state index in [0.717, 1.165) is 17.1 Å². The Hall–Kier alpha value is -2.67. The van der Waals surface area contributed by atoms with Crippen molar-refractivity contribution in [1.82, 2.24) is 14.9 Å². The number of furan rings is 1. The number of aromatic nitrogens is 3. The highest BCUT2D eigenvalue weighted by molar-refractivity contribution is 7.71. The van der Waals surface area contributed by atoms with Gasteiger partial charge in [0, 0.05) is 0 Å². The molecule has 2 heterocycles. The van der Waals surface area contributed by atoms with Crippen LogP contribution in [0.4, 0.5) is 0 Å². The molecule has 0 spiro atoms. The lowest BCUT2D eigenvalue weighted by Gasteiger charge is -2.06. The van der Waals surface area contributed by atoms with Crippen molar-refractivity contribution < 1.29 is 9.15 Å². The number of benzene rings is 1. The number of aromatic amines is 1. The Balaban J connectivity index is 1.64. The lowest BCUT2D eigenvalue weighted by Crippen LogP contribution is -1.95. The van der Waals surface area contributed by atoms with Crippen LogP contribution in [0.15, 0.2) is 52.2 Å². The number of hydrogen-bond acceptors (Lipinski definition) is 5. The van der Waals surface area contributed by atoms with Gasteiger partial charge in [0.05, 0.1) is 6.21 Å². The Bertz CT molecular complexity index is 847. The first-order valence-corrected chi connectivity index (χ1v) is 7.07. The SMILES string of the molecule is Cc1ccccc1OCc1ccc(C=Nn2cn[nH]c2=S)o1. The summed E-state index contributed by atoms with van der Waals surface area (Å²) in [5.74, 6) is 2.19. The molecule has 0 bridgehead atoms. The highest BCUT2D eigenvalue weighted by Crippen LogP contribution is 2.18. The smallest absolute Gasteiger partial charge is 0.216 e. The molecule has 3 aromatic rings. The number of hydrogen-bond donors (Lipinski definition) is 1. The monoisotopic (exact) mass is 314 g/mol. The summed E-state index contributed by atoms with van der Waals surface area (Å²) in [6, 6.07) is 11.5. The van der Waals surface area contributed by atoms with Crippen molar-refractivity contribution in [3.63, 3.8) is 0 Å². The maximum absolute atomic E-state index is 5.73. The lowest BCUT2D eigenvalue weighted by atomic mass is 10.2. The topological polar surface area (TPSA) is 68.3 Å². The molecule has 0 saturated carbocycles. The van der Waals surface area contributed by atoms with Crippen LogP contribution < -0.4 is 4.74 Å². The minimum atomic E-state index is 0.365. The molecule has 2 aromatic heterocycles. The number of para-hydroxylation sites is 1. The van der Waals surface area contributed by atoms with Gasteiger partial charge in [0.1, 0.15) is 30.2 Å². The average molecular weight is 314 g/mol. The quantitative estimate of drug-likeness (QED) is 0.579. The predicted molar refractivity (Wildman–Crippen MR) is 84.6 cm³/mol. The molecular formula is C15H14N4O2S.